The molecule has 0 saturated heterocycles. The van der Waals surface area contributed by atoms with E-state index in [0.717, 1.165) is 24.2 Å². The third-order valence-corrected chi connectivity index (χ3v) is 4.45. The van der Waals surface area contributed by atoms with Gasteiger partial charge in [0.2, 0.25) is 5.91 Å². The van der Waals surface area contributed by atoms with Crippen LogP contribution in [0.4, 0.5) is 0 Å². The number of nitrogens with one attached hydrogen (secondary N) is 2. The Morgan fingerprint density at radius 1 is 1.24 bits per heavy atom. The van der Waals surface area contributed by atoms with Gasteiger partial charge in [-0.1, -0.05) is 37.5 Å². The summed E-state index contributed by atoms with van der Waals surface area (Å²) >= 11 is 0. The van der Waals surface area contributed by atoms with Gasteiger partial charge in [0.1, 0.15) is 5.75 Å². The van der Waals surface area contributed by atoms with E-state index in [1.54, 1.807) is 26.1 Å². The molecular formula is C19H30N4O2. The van der Waals surface area contributed by atoms with Gasteiger partial charge < -0.3 is 20.3 Å². The Morgan fingerprint density at radius 3 is 2.64 bits per heavy atom. The largest absolute Gasteiger partial charge is 0.496 e. The Labute approximate surface area is 150 Å². The predicted molar refractivity (Wildman–Crippen MR) is 101 cm³/mol. The molecular weight excluding hydrogens is 316 g/mol. The van der Waals surface area contributed by atoms with Crippen molar-refractivity contribution in [3.8, 4) is 5.75 Å². The number of guanidine groups is 1. The Morgan fingerprint density at radius 2 is 1.96 bits per heavy atom. The van der Waals surface area contributed by atoms with E-state index < -0.39 is 0 Å². The number of rotatable bonds is 6. The number of carbonyl (C=O) groups is 1. The minimum atomic E-state index is 0.0236. The second-order valence-corrected chi connectivity index (χ2v) is 6.60. The molecule has 1 aromatic carbocycles. The summed E-state index contributed by atoms with van der Waals surface area (Å²) in [6, 6.07) is 8.28. The van der Waals surface area contributed by atoms with Gasteiger partial charge in [-0.25, -0.2) is 4.99 Å². The smallest absolute Gasteiger partial charge is 0.241 e. The molecule has 0 bridgehead atoms. The number of aliphatic imine (C=N–C) groups is 1. The molecule has 0 unspecified atom stereocenters. The van der Waals surface area contributed by atoms with E-state index in [0.29, 0.717) is 18.5 Å². The molecule has 0 aromatic heterocycles. The first kappa shape index (κ1) is 19.1. The fourth-order valence-corrected chi connectivity index (χ4v) is 2.91. The summed E-state index contributed by atoms with van der Waals surface area (Å²) in [4.78, 5) is 18.1. The highest BCUT2D eigenvalue weighted by molar-refractivity contribution is 5.86. The first-order chi connectivity index (χ1) is 12.1. The van der Waals surface area contributed by atoms with Gasteiger partial charge in [-0.15, -0.1) is 0 Å². The minimum absolute atomic E-state index is 0.0236. The maximum Gasteiger partial charge on any atom is 0.241 e. The first-order valence-electron chi connectivity index (χ1n) is 8.97. The number of hydrogen-bond donors (Lipinski definition) is 2. The van der Waals surface area contributed by atoms with Crippen molar-refractivity contribution in [3.05, 3.63) is 29.8 Å². The lowest BCUT2D eigenvalue weighted by Crippen LogP contribution is -2.47. The molecule has 138 valence electrons. The van der Waals surface area contributed by atoms with E-state index in [1.165, 1.54) is 19.3 Å². The van der Waals surface area contributed by atoms with Crippen LogP contribution in [-0.2, 0) is 11.3 Å². The SMILES string of the molecule is COc1ccccc1CN=C(NCC(=O)N(C)C)NC1CCCCC1. The highest BCUT2D eigenvalue weighted by Crippen LogP contribution is 2.19. The molecule has 1 aromatic rings. The van der Waals surface area contributed by atoms with Crippen molar-refractivity contribution < 1.29 is 9.53 Å². The Bertz CT molecular complexity index is 581. The zero-order chi connectivity index (χ0) is 18.1. The van der Waals surface area contributed by atoms with Gasteiger partial charge in [0.05, 0.1) is 20.2 Å². The second kappa shape index (κ2) is 9.91. The zero-order valence-electron chi connectivity index (χ0n) is 15.5. The van der Waals surface area contributed by atoms with Crippen molar-refractivity contribution in [2.24, 2.45) is 4.99 Å². The molecule has 2 N–H and O–H groups in total. The van der Waals surface area contributed by atoms with Crippen molar-refractivity contribution in [1.82, 2.24) is 15.5 Å². The average Bonchev–Trinajstić information content (AvgIpc) is 2.64. The number of benzene rings is 1. The van der Waals surface area contributed by atoms with Crippen LogP contribution in [0, 0.1) is 0 Å². The number of likely N-dealkylation sites (N-methyl/N-ethyl adjacent to an activating group) is 1. The third kappa shape index (κ3) is 6.29. The topological polar surface area (TPSA) is 66.0 Å². The second-order valence-electron chi connectivity index (χ2n) is 6.60. The number of amides is 1. The molecule has 6 nitrogen and oxygen atoms in total. The fourth-order valence-electron chi connectivity index (χ4n) is 2.91. The van der Waals surface area contributed by atoms with Crippen LogP contribution in [0.3, 0.4) is 0 Å². The Hall–Kier alpha value is -2.24. The molecule has 2 rings (SSSR count). The maximum atomic E-state index is 11.9. The lowest BCUT2D eigenvalue weighted by Gasteiger charge is -2.25. The Balaban J connectivity index is 2.04. The first-order valence-corrected chi connectivity index (χ1v) is 8.97. The normalized spacial score (nSPS) is 15.6. The maximum absolute atomic E-state index is 11.9. The zero-order valence-corrected chi connectivity index (χ0v) is 15.5. The average molecular weight is 346 g/mol. The van der Waals surface area contributed by atoms with E-state index in [-0.39, 0.29) is 12.5 Å². The molecule has 1 aliphatic carbocycles. The molecule has 0 heterocycles. The van der Waals surface area contributed by atoms with Crippen LogP contribution < -0.4 is 15.4 Å². The van der Waals surface area contributed by atoms with Gasteiger partial charge in [-0.05, 0) is 18.9 Å². The van der Waals surface area contributed by atoms with Gasteiger partial charge in [-0.3, -0.25) is 4.79 Å². The van der Waals surface area contributed by atoms with E-state index in [1.807, 2.05) is 24.3 Å². The molecule has 0 radical (unpaired) electrons. The van der Waals surface area contributed by atoms with Crippen molar-refractivity contribution in [3.63, 3.8) is 0 Å². The third-order valence-electron chi connectivity index (χ3n) is 4.45. The summed E-state index contributed by atoms with van der Waals surface area (Å²) in [6.07, 6.45) is 6.09. The number of nitrogens with zero attached hydrogens (tertiary/aromatic N) is 2. The van der Waals surface area contributed by atoms with Gasteiger partial charge in [0, 0.05) is 25.7 Å². The number of ether oxygens (including phenoxy) is 1. The number of carbonyl (C=O) groups excluding carboxylic acids is 1. The van der Waals surface area contributed by atoms with Crippen molar-refractivity contribution >= 4 is 11.9 Å². The number of para-hydroxylation sites is 1. The fraction of sp³-hybridized carbons (Fsp3) is 0.579. The van der Waals surface area contributed by atoms with E-state index in [4.69, 9.17) is 4.74 Å². The molecule has 25 heavy (non-hydrogen) atoms. The van der Waals surface area contributed by atoms with Crippen LogP contribution in [0.5, 0.6) is 5.75 Å². The van der Waals surface area contributed by atoms with Crippen LogP contribution in [0.1, 0.15) is 37.7 Å². The molecule has 1 aliphatic rings. The molecule has 6 heteroatoms. The molecule has 0 atom stereocenters. The van der Waals surface area contributed by atoms with Gasteiger partial charge >= 0.3 is 0 Å². The molecule has 0 spiro atoms. The van der Waals surface area contributed by atoms with Gasteiger partial charge in [-0.2, -0.15) is 0 Å². The summed E-state index contributed by atoms with van der Waals surface area (Å²) in [6.45, 7) is 0.736. The van der Waals surface area contributed by atoms with Crippen molar-refractivity contribution in [2.45, 2.75) is 44.7 Å². The predicted octanol–water partition coefficient (Wildman–Crippen LogP) is 2.15. The highest BCUT2D eigenvalue weighted by atomic mass is 16.5. The summed E-state index contributed by atoms with van der Waals surface area (Å²) < 4.78 is 5.39. The van der Waals surface area contributed by atoms with Crippen LogP contribution in [-0.4, -0.2) is 50.6 Å². The van der Waals surface area contributed by atoms with E-state index in [2.05, 4.69) is 15.6 Å². The summed E-state index contributed by atoms with van der Waals surface area (Å²) in [5.74, 6) is 1.54. The van der Waals surface area contributed by atoms with E-state index >= 15 is 0 Å². The molecule has 1 amide bonds. The summed E-state index contributed by atoms with van der Waals surface area (Å²) in [5.41, 5.74) is 1.02. The molecule has 1 saturated carbocycles. The Kier molecular flexibility index (Phi) is 7.57. The summed E-state index contributed by atoms with van der Waals surface area (Å²) in [5, 5.41) is 6.65. The number of methoxy groups -OCH3 is 1. The van der Waals surface area contributed by atoms with Gasteiger partial charge in [0.15, 0.2) is 5.96 Å². The molecule has 1 fully saturated rings. The monoisotopic (exact) mass is 346 g/mol. The quantitative estimate of drug-likeness (QED) is 0.612. The molecule has 0 aliphatic heterocycles. The lowest BCUT2D eigenvalue weighted by atomic mass is 9.96. The van der Waals surface area contributed by atoms with Crippen LogP contribution in [0.2, 0.25) is 0 Å². The van der Waals surface area contributed by atoms with Gasteiger partial charge in [0.25, 0.3) is 0 Å². The number of hydrogen-bond acceptors (Lipinski definition) is 3. The van der Waals surface area contributed by atoms with Crippen molar-refractivity contribution in [2.75, 3.05) is 27.7 Å². The summed E-state index contributed by atoms with van der Waals surface area (Å²) in [7, 11) is 5.17. The minimum Gasteiger partial charge on any atom is -0.496 e. The highest BCUT2D eigenvalue weighted by Gasteiger charge is 2.15. The van der Waals surface area contributed by atoms with Crippen LogP contribution in [0.25, 0.3) is 0 Å². The van der Waals surface area contributed by atoms with E-state index in [9.17, 15) is 4.79 Å². The lowest BCUT2D eigenvalue weighted by molar-refractivity contribution is -0.127. The van der Waals surface area contributed by atoms with Crippen molar-refractivity contribution in [1.29, 1.82) is 0 Å². The van der Waals surface area contributed by atoms with Crippen LogP contribution >= 0.6 is 0 Å². The van der Waals surface area contributed by atoms with Crippen LogP contribution in [0.15, 0.2) is 29.3 Å². The standard InChI is InChI=1S/C19H30N4O2/c1-23(2)18(24)14-21-19(22-16-10-5-4-6-11-16)20-13-15-9-7-8-12-17(15)25-3/h7-9,12,16H,4-6,10-11,13-14H2,1-3H3,(H2,20,21,22).